The lowest BCUT2D eigenvalue weighted by Gasteiger charge is -2.38. The van der Waals surface area contributed by atoms with E-state index in [9.17, 15) is 9.90 Å². The number of carbonyl (C=O) groups is 1. The Kier molecular flexibility index (Phi) is 4.57. The largest absolute Gasteiger partial charge is 0.481 e. The maximum atomic E-state index is 11.4. The van der Waals surface area contributed by atoms with Crippen molar-refractivity contribution >= 4 is 11.9 Å². The van der Waals surface area contributed by atoms with Gasteiger partial charge in [0.1, 0.15) is 0 Å². The Balaban J connectivity index is 2.95. The van der Waals surface area contributed by atoms with Crippen LogP contribution in [0.2, 0.25) is 0 Å². The molecule has 1 aromatic rings. The normalized spacial score (nSPS) is 12.3. The molecule has 0 fully saturated rings. The smallest absolute Gasteiger partial charge is 0.311 e. The maximum Gasteiger partial charge on any atom is 0.311 e. The molecule has 6 heteroatoms. The molecule has 1 aromatic heterocycles. The molecule has 0 bridgehead atoms. The van der Waals surface area contributed by atoms with E-state index < -0.39 is 16.9 Å². The standard InChI is InChI=1S/C14H23N3O3/c1-9(2)20-10-7-8-15-12(16-10)17-14(5,6)13(3,4)11(18)19/h7-9H,1-6H3,(H,18,19)(H,15,16,17). The Morgan fingerprint density at radius 3 is 2.45 bits per heavy atom. The Morgan fingerprint density at radius 1 is 1.35 bits per heavy atom. The van der Waals surface area contributed by atoms with Crippen molar-refractivity contribution < 1.29 is 14.6 Å². The fourth-order valence-electron chi connectivity index (χ4n) is 1.41. The number of hydrogen-bond donors (Lipinski definition) is 2. The summed E-state index contributed by atoms with van der Waals surface area (Å²) in [5.74, 6) is -0.0755. The van der Waals surface area contributed by atoms with Gasteiger partial charge in [-0.3, -0.25) is 4.79 Å². The van der Waals surface area contributed by atoms with Crippen LogP contribution in [0.25, 0.3) is 0 Å². The molecule has 1 rings (SSSR count). The summed E-state index contributed by atoms with van der Waals surface area (Å²) >= 11 is 0. The van der Waals surface area contributed by atoms with Crippen LogP contribution in [0.1, 0.15) is 41.5 Å². The Morgan fingerprint density at radius 2 is 1.95 bits per heavy atom. The van der Waals surface area contributed by atoms with Crippen molar-refractivity contribution in [3.05, 3.63) is 12.3 Å². The minimum atomic E-state index is -0.981. The Hall–Kier alpha value is -1.85. The van der Waals surface area contributed by atoms with Crippen LogP contribution >= 0.6 is 0 Å². The van der Waals surface area contributed by atoms with Crippen molar-refractivity contribution in [1.82, 2.24) is 9.97 Å². The molecule has 0 aliphatic rings. The summed E-state index contributed by atoms with van der Waals surface area (Å²) in [6, 6.07) is 1.67. The highest BCUT2D eigenvalue weighted by molar-refractivity contribution is 5.76. The van der Waals surface area contributed by atoms with Gasteiger partial charge in [-0.1, -0.05) is 0 Å². The topological polar surface area (TPSA) is 84.3 Å². The zero-order valence-corrected chi connectivity index (χ0v) is 12.9. The molecular weight excluding hydrogens is 258 g/mol. The predicted octanol–water partition coefficient (Wildman–Crippen LogP) is 2.57. The molecule has 0 amide bonds. The molecular formula is C14H23N3O3. The van der Waals surface area contributed by atoms with Crippen LogP contribution in [0.15, 0.2) is 12.3 Å². The molecule has 0 radical (unpaired) electrons. The average molecular weight is 281 g/mol. The molecule has 112 valence electrons. The zero-order chi connectivity index (χ0) is 15.6. The number of nitrogens with zero attached hydrogens (tertiary/aromatic N) is 2. The Bertz CT molecular complexity index is 484. The fraction of sp³-hybridized carbons (Fsp3) is 0.643. The third-order valence-electron chi connectivity index (χ3n) is 3.51. The lowest BCUT2D eigenvalue weighted by Crippen LogP contribution is -2.51. The first kappa shape index (κ1) is 16.2. The van der Waals surface area contributed by atoms with Crippen LogP contribution in [0.3, 0.4) is 0 Å². The summed E-state index contributed by atoms with van der Waals surface area (Å²) in [6.45, 7) is 10.8. The van der Waals surface area contributed by atoms with E-state index in [1.807, 2.05) is 13.8 Å². The molecule has 0 aliphatic heterocycles. The quantitative estimate of drug-likeness (QED) is 0.833. The van der Waals surface area contributed by atoms with E-state index in [-0.39, 0.29) is 6.10 Å². The van der Waals surface area contributed by atoms with Gasteiger partial charge in [-0.15, -0.1) is 0 Å². The highest BCUT2D eigenvalue weighted by Crippen LogP contribution is 2.33. The summed E-state index contributed by atoms with van der Waals surface area (Å²) in [5.41, 5.74) is -1.71. The SMILES string of the molecule is CC(C)Oc1ccnc(NC(C)(C)C(C)(C)C(=O)O)n1. The van der Waals surface area contributed by atoms with E-state index in [0.717, 1.165) is 0 Å². The van der Waals surface area contributed by atoms with Crippen LogP contribution in [0.4, 0.5) is 5.95 Å². The molecule has 1 heterocycles. The van der Waals surface area contributed by atoms with Crippen molar-refractivity contribution in [1.29, 1.82) is 0 Å². The third kappa shape index (κ3) is 3.59. The second-order valence-electron chi connectivity index (χ2n) is 6.07. The summed E-state index contributed by atoms with van der Waals surface area (Å²) in [7, 11) is 0. The number of ether oxygens (including phenoxy) is 1. The van der Waals surface area contributed by atoms with Crippen molar-refractivity contribution in [2.24, 2.45) is 5.41 Å². The summed E-state index contributed by atoms with van der Waals surface area (Å²) in [6.07, 6.45) is 1.60. The van der Waals surface area contributed by atoms with Crippen LogP contribution in [-0.2, 0) is 4.79 Å². The number of aromatic nitrogens is 2. The van der Waals surface area contributed by atoms with E-state index in [0.29, 0.717) is 11.8 Å². The number of aliphatic carboxylic acids is 1. The van der Waals surface area contributed by atoms with Gasteiger partial charge >= 0.3 is 5.97 Å². The molecule has 0 atom stereocenters. The van der Waals surface area contributed by atoms with Gasteiger partial charge in [0, 0.05) is 12.3 Å². The molecule has 0 spiro atoms. The van der Waals surface area contributed by atoms with Gasteiger partial charge in [0.15, 0.2) is 0 Å². The van der Waals surface area contributed by atoms with Gasteiger partial charge < -0.3 is 15.2 Å². The molecule has 0 saturated carbocycles. The second-order valence-corrected chi connectivity index (χ2v) is 6.07. The molecule has 0 unspecified atom stereocenters. The van der Waals surface area contributed by atoms with Gasteiger partial charge in [0.2, 0.25) is 11.8 Å². The average Bonchev–Trinajstić information content (AvgIpc) is 2.27. The highest BCUT2D eigenvalue weighted by Gasteiger charge is 2.44. The van der Waals surface area contributed by atoms with E-state index in [1.165, 1.54) is 0 Å². The predicted molar refractivity (Wildman–Crippen MR) is 76.9 cm³/mol. The van der Waals surface area contributed by atoms with Gasteiger partial charge in [-0.2, -0.15) is 4.98 Å². The van der Waals surface area contributed by atoms with Crippen molar-refractivity contribution in [2.45, 2.75) is 53.2 Å². The molecule has 0 saturated heterocycles. The van der Waals surface area contributed by atoms with E-state index in [1.54, 1.807) is 40.0 Å². The van der Waals surface area contributed by atoms with Gasteiger partial charge in [0.05, 0.1) is 17.1 Å². The van der Waals surface area contributed by atoms with Gasteiger partial charge in [-0.25, -0.2) is 4.98 Å². The number of carboxylic acids is 1. The van der Waals surface area contributed by atoms with Crippen LogP contribution in [0.5, 0.6) is 5.88 Å². The van der Waals surface area contributed by atoms with E-state index >= 15 is 0 Å². The maximum absolute atomic E-state index is 11.4. The lowest BCUT2D eigenvalue weighted by molar-refractivity contribution is -0.149. The summed E-state index contributed by atoms with van der Waals surface area (Å²) in [4.78, 5) is 19.7. The van der Waals surface area contributed by atoms with Gasteiger partial charge in [-0.05, 0) is 41.5 Å². The van der Waals surface area contributed by atoms with Crippen molar-refractivity contribution in [3.8, 4) is 5.88 Å². The molecule has 6 nitrogen and oxygen atoms in total. The number of rotatable bonds is 6. The van der Waals surface area contributed by atoms with Crippen LogP contribution in [-0.4, -0.2) is 32.7 Å². The zero-order valence-electron chi connectivity index (χ0n) is 12.9. The van der Waals surface area contributed by atoms with Crippen LogP contribution < -0.4 is 10.1 Å². The number of carboxylic acid groups (broad SMARTS) is 1. The first-order valence-electron chi connectivity index (χ1n) is 6.57. The Labute approximate surface area is 119 Å². The minimum absolute atomic E-state index is 0.0150. The summed E-state index contributed by atoms with van der Waals surface area (Å²) in [5, 5.41) is 12.4. The van der Waals surface area contributed by atoms with E-state index in [2.05, 4.69) is 15.3 Å². The molecule has 0 aromatic carbocycles. The monoisotopic (exact) mass is 281 g/mol. The second kappa shape index (κ2) is 5.64. The number of nitrogens with one attached hydrogen (secondary N) is 1. The molecule has 0 aliphatic carbocycles. The summed E-state index contributed by atoms with van der Waals surface area (Å²) < 4.78 is 5.49. The highest BCUT2D eigenvalue weighted by atomic mass is 16.5. The lowest BCUT2D eigenvalue weighted by atomic mass is 9.74. The van der Waals surface area contributed by atoms with E-state index in [4.69, 9.17) is 4.74 Å². The minimum Gasteiger partial charge on any atom is -0.481 e. The molecule has 20 heavy (non-hydrogen) atoms. The van der Waals surface area contributed by atoms with Crippen molar-refractivity contribution in [3.63, 3.8) is 0 Å². The fourth-order valence-corrected chi connectivity index (χ4v) is 1.41. The van der Waals surface area contributed by atoms with Crippen LogP contribution in [0, 0.1) is 5.41 Å². The first-order chi connectivity index (χ1) is 9.06. The molecule has 2 N–H and O–H groups in total. The van der Waals surface area contributed by atoms with Gasteiger partial charge in [0.25, 0.3) is 0 Å². The first-order valence-corrected chi connectivity index (χ1v) is 6.57. The third-order valence-corrected chi connectivity index (χ3v) is 3.51. The van der Waals surface area contributed by atoms with Crippen molar-refractivity contribution in [2.75, 3.05) is 5.32 Å². The number of anilines is 1. The number of hydrogen-bond acceptors (Lipinski definition) is 5.